The van der Waals surface area contributed by atoms with Crippen LogP contribution in [0.15, 0.2) is 0 Å². The highest BCUT2D eigenvalue weighted by atomic mass is 19.3. The molecule has 5 aliphatic rings. The maximum Gasteiger partial charge on any atom is 0.335 e. The van der Waals surface area contributed by atoms with Crippen molar-refractivity contribution >= 4 is 0 Å². The molecule has 5 rings (SSSR count). The van der Waals surface area contributed by atoms with Crippen molar-refractivity contribution < 1.29 is 45.3 Å². The lowest BCUT2D eigenvalue weighted by Crippen LogP contribution is -2.66. The van der Waals surface area contributed by atoms with Gasteiger partial charge in [0.2, 0.25) is 0 Å². The molecule has 4 bridgehead atoms. The van der Waals surface area contributed by atoms with Crippen LogP contribution < -0.4 is 0 Å². The minimum Gasteiger partial charge on any atom is -0.373 e. The highest BCUT2D eigenvalue weighted by Crippen LogP contribution is 2.63. The predicted octanol–water partition coefficient (Wildman–Crippen LogP) is 4.27. The lowest BCUT2D eigenvalue weighted by Gasteiger charge is -2.63. The van der Waals surface area contributed by atoms with Gasteiger partial charge in [-0.1, -0.05) is 0 Å². The van der Waals surface area contributed by atoms with E-state index in [0.717, 1.165) is 13.3 Å². The second-order valence-electron chi connectivity index (χ2n) is 9.21. The van der Waals surface area contributed by atoms with Crippen LogP contribution in [-0.2, 0) is 18.9 Å². The highest BCUT2D eigenvalue weighted by molar-refractivity contribution is 5.12. The normalized spacial score (nSPS) is 39.6. The van der Waals surface area contributed by atoms with E-state index in [1.807, 2.05) is 0 Å². The first-order chi connectivity index (χ1) is 13.4. The Morgan fingerprint density at radius 3 is 1.97 bits per heavy atom. The molecule has 0 aromatic heterocycles. The third-order valence-corrected chi connectivity index (χ3v) is 6.76. The van der Waals surface area contributed by atoms with Gasteiger partial charge in [0.15, 0.2) is 5.79 Å². The maximum atomic E-state index is 13.8. The molecule has 0 N–H and O–H groups in total. The summed E-state index contributed by atoms with van der Waals surface area (Å²) in [5.41, 5.74) is -0.538. The number of hydrogen-bond acceptors (Lipinski definition) is 4. The van der Waals surface area contributed by atoms with Gasteiger partial charge in [0.05, 0.1) is 18.8 Å². The SMILES string of the molecule is CC(F)(F)COCCOC12CC3CC(C1)C1(OCC(F)(F)C(F)(F)CO1)C(C3)C2. The summed E-state index contributed by atoms with van der Waals surface area (Å²) in [4.78, 5) is 0. The van der Waals surface area contributed by atoms with Crippen LogP contribution in [0.4, 0.5) is 26.3 Å². The van der Waals surface area contributed by atoms with E-state index in [2.05, 4.69) is 0 Å². The van der Waals surface area contributed by atoms with Gasteiger partial charge in [-0.3, -0.25) is 0 Å². The van der Waals surface area contributed by atoms with E-state index in [0.29, 0.717) is 25.7 Å². The molecule has 4 nitrogen and oxygen atoms in total. The van der Waals surface area contributed by atoms with Crippen LogP contribution in [0.3, 0.4) is 0 Å². The van der Waals surface area contributed by atoms with E-state index in [4.69, 9.17) is 18.9 Å². The number of hydrogen-bond donors (Lipinski definition) is 0. The van der Waals surface area contributed by atoms with Crippen LogP contribution in [0.1, 0.15) is 39.0 Å². The molecule has 4 saturated carbocycles. The molecule has 0 aromatic carbocycles. The predicted molar refractivity (Wildman–Crippen MR) is 88.2 cm³/mol. The van der Waals surface area contributed by atoms with Gasteiger partial charge in [0, 0.05) is 18.8 Å². The molecule has 4 aliphatic carbocycles. The van der Waals surface area contributed by atoms with Crippen LogP contribution in [0.2, 0.25) is 0 Å². The van der Waals surface area contributed by atoms with E-state index in [1.165, 1.54) is 0 Å². The third-order valence-electron chi connectivity index (χ3n) is 6.76. The van der Waals surface area contributed by atoms with Crippen molar-refractivity contribution in [3.8, 4) is 0 Å². The summed E-state index contributed by atoms with van der Waals surface area (Å²) in [7, 11) is 0. The van der Waals surface area contributed by atoms with Gasteiger partial charge in [-0.25, -0.2) is 8.78 Å². The Balaban J connectivity index is 1.41. The summed E-state index contributed by atoms with van der Waals surface area (Å²) < 4.78 is 103. The van der Waals surface area contributed by atoms with E-state index in [-0.39, 0.29) is 31.0 Å². The van der Waals surface area contributed by atoms with Crippen molar-refractivity contribution in [2.24, 2.45) is 17.8 Å². The molecule has 5 fully saturated rings. The number of ether oxygens (including phenoxy) is 4. The molecule has 1 heterocycles. The lowest BCUT2D eigenvalue weighted by atomic mass is 9.51. The van der Waals surface area contributed by atoms with Gasteiger partial charge < -0.3 is 18.9 Å². The van der Waals surface area contributed by atoms with Gasteiger partial charge in [-0.2, -0.15) is 17.6 Å². The molecule has 1 spiro atoms. The molecule has 2 atom stereocenters. The third kappa shape index (κ3) is 3.90. The van der Waals surface area contributed by atoms with Gasteiger partial charge in [0.25, 0.3) is 5.92 Å². The van der Waals surface area contributed by atoms with Gasteiger partial charge >= 0.3 is 11.8 Å². The standard InChI is InChI=1S/C19H26F6O4/c1-15(20,21)9-26-2-3-27-16-6-12-4-13(7-16)19(14(5-12)8-16)28-10-17(22,23)18(24,25)11-29-19/h12-14H,2-11H2,1H3. The number of rotatable bonds is 6. The van der Waals surface area contributed by atoms with Gasteiger partial charge in [-0.05, 0) is 38.0 Å². The molecule has 168 valence electrons. The zero-order chi connectivity index (χ0) is 21.1. The van der Waals surface area contributed by atoms with Crippen molar-refractivity contribution in [2.45, 2.75) is 68.2 Å². The molecule has 0 aromatic rings. The van der Waals surface area contributed by atoms with Gasteiger partial charge in [0.1, 0.15) is 19.8 Å². The van der Waals surface area contributed by atoms with Crippen molar-refractivity contribution in [3.05, 3.63) is 0 Å². The molecule has 1 aliphatic heterocycles. The summed E-state index contributed by atoms with van der Waals surface area (Å²) >= 11 is 0. The monoisotopic (exact) mass is 432 g/mol. The van der Waals surface area contributed by atoms with Crippen LogP contribution in [0.25, 0.3) is 0 Å². The summed E-state index contributed by atoms with van der Waals surface area (Å²) in [6.07, 6.45) is 2.96. The van der Waals surface area contributed by atoms with Gasteiger partial charge in [-0.15, -0.1) is 0 Å². The Labute approximate surface area is 165 Å². The number of halogens is 6. The Morgan fingerprint density at radius 2 is 1.45 bits per heavy atom. The van der Waals surface area contributed by atoms with Crippen molar-refractivity contribution in [2.75, 3.05) is 33.0 Å². The summed E-state index contributed by atoms with van der Waals surface area (Å²) in [5.74, 6) is -13.3. The fraction of sp³-hybridized carbons (Fsp3) is 1.00. The Hall–Kier alpha value is -0.580. The van der Waals surface area contributed by atoms with Crippen molar-refractivity contribution in [1.29, 1.82) is 0 Å². The Kier molecular flexibility index (Phi) is 5.20. The maximum absolute atomic E-state index is 13.8. The fourth-order valence-electron chi connectivity index (χ4n) is 5.73. The van der Waals surface area contributed by atoms with Crippen LogP contribution in [0, 0.1) is 17.8 Å². The summed E-state index contributed by atoms with van der Waals surface area (Å²) in [5, 5.41) is 0. The average molecular weight is 432 g/mol. The minimum absolute atomic E-state index is 0.0156. The molecule has 2 unspecified atom stereocenters. The van der Waals surface area contributed by atoms with E-state index in [9.17, 15) is 26.3 Å². The van der Waals surface area contributed by atoms with E-state index in [1.54, 1.807) is 0 Å². The van der Waals surface area contributed by atoms with Crippen molar-refractivity contribution in [1.82, 2.24) is 0 Å². The highest BCUT2D eigenvalue weighted by Gasteiger charge is 2.69. The lowest BCUT2D eigenvalue weighted by molar-refractivity contribution is -0.358. The first kappa shape index (κ1) is 21.6. The minimum atomic E-state index is -4.28. The summed E-state index contributed by atoms with van der Waals surface area (Å²) in [6, 6.07) is 0. The summed E-state index contributed by atoms with van der Waals surface area (Å²) in [6.45, 7) is -2.51. The van der Waals surface area contributed by atoms with E-state index >= 15 is 0 Å². The quantitative estimate of drug-likeness (QED) is 0.464. The molecule has 0 radical (unpaired) electrons. The van der Waals surface area contributed by atoms with Crippen molar-refractivity contribution in [3.63, 3.8) is 0 Å². The number of alkyl halides is 6. The fourth-order valence-corrected chi connectivity index (χ4v) is 5.73. The van der Waals surface area contributed by atoms with Crippen LogP contribution >= 0.6 is 0 Å². The van der Waals surface area contributed by atoms with Crippen LogP contribution in [-0.4, -0.2) is 62.2 Å². The molecule has 1 saturated heterocycles. The van der Waals surface area contributed by atoms with Crippen LogP contribution in [0.5, 0.6) is 0 Å². The molecular weight excluding hydrogens is 406 g/mol. The molecular formula is C19H26F6O4. The van der Waals surface area contributed by atoms with E-state index < -0.39 is 49.0 Å². The molecule has 0 amide bonds. The largest absolute Gasteiger partial charge is 0.373 e. The molecule has 29 heavy (non-hydrogen) atoms. The Morgan fingerprint density at radius 1 is 0.897 bits per heavy atom. The second-order valence-corrected chi connectivity index (χ2v) is 9.21. The topological polar surface area (TPSA) is 36.9 Å². The average Bonchev–Trinajstić information content (AvgIpc) is 2.67. The zero-order valence-electron chi connectivity index (χ0n) is 16.2. The second kappa shape index (κ2) is 6.97. The zero-order valence-corrected chi connectivity index (χ0v) is 16.2. The first-order valence-electron chi connectivity index (χ1n) is 10.00. The Bertz CT molecular complexity index is 586. The molecule has 10 heteroatoms. The smallest absolute Gasteiger partial charge is 0.335 e. The first-order valence-corrected chi connectivity index (χ1v) is 10.00.